The van der Waals surface area contributed by atoms with Gasteiger partial charge in [0.1, 0.15) is 4.90 Å². The number of hydrogen-bond acceptors (Lipinski definition) is 4. The van der Waals surface area contributed by atoms with Gasteiger partial charge in [-0.25, -0.2) is 13.2 Å². The zero-order chi connectivity index (χ0) is 16.9. The van der Waals surface area contributed by atoms with Crippen molar-refractivity contribution in [2.45, 2.75) is 18.7 Å². The van der Waals surface area contributed by atoms with Crippen molar-refractivity contribution in [1.29, 1.82) is 0 Å². The molecule has 1 aromatic carbocycles. The Morgan fingerprint density at radius 3 is 2.39 bits per heavy atom. The SMILES string of the molecule is Cc1n[nH]c(C)c1S(=O)(=O)Nc1ccc2c(c1)n(C)c(=O)n2C. The van der Waals surface area contributed by atoms with E-state index in [0.29, 0.717) is 22.6 Å². The van der Waals surface area contributed by atoms with Crippen LogP contribution >= 0.6 is 0 Å². The molecule has 0 fully saturated rings. The van der Waals surface area contributed by atoms with Gasteiger partial charge in [0.15, 0.2) is 0 Å². The third-order valence-corrected chi connectivity index (χ3v) is 5.50. The van der Waals surface area contributed by atoms with Crippen LogP contribution in [0.4, 0.5) is 5.69 Å². The van der Waals surface area contributed by atoms with Crippen LogP contribution in [0.15, 0.2) is 27.9 Å². The molecule has 0 aliphatic carbocycles. The van der Waals surface area contributed by atoms with Gasteiger partial charge in [0.2, 0.25) is 0 Å². The van der Waals surface area contributed by atoms with Crippen LogP contribution in [0, 0.1) is 13.8 Å². The number of hydrogen-bond donors (Lipinski definition) is 2. The van der Waals surface area contributed by atoms with Gasteiger partial charge < -0.3 is 0 Å². The molecule has 0 aliphatic heterocycles. The molecule has 0 radical (unpaired) electrons. The first-order valence-corrected chi connectivity index (χ1v) is 8.40. The average Bonchev–Trinajstić information content (AvgIpc) is 2.92. The zero-order valence-electron chi connectivity index (χ0n) is 13.2. The molecule has 0 unspecified atom stereocenters. The van der Waals surface area contributed by atoms with Crippen LogP contribution < -0.4 is 10.4 Å². The minimum absolute atomic E-state index is 0.138. The van der Waals surface area contributed by atoms with Crippen LogP contribution in [-0.4, -0.2) is 27.7 Å². The molecule has 2 heterocycles. The summed E-state index contributed by atoms with van der Waals surface area (Å²) >= 11 is 0. The molecule has 0 saturated heterocycles. The molecule has 0 saturated carbocycles. The first-order chi connectivity index (χ1) is 10.7. The fraction of sp³-hybridized carbons (Fsp3) is 0.286. The maximum absolute atomic E-state index is 12.6. The van der Waals surface area contributed by atoms with E-state index < -0.39 is 10.0 Å². The summed E-state index contributed by atoms with van der Waals surface area (Å²) in [6.07, 6.45) is 0. The Morgan fingerprint density at radius 2 is 1.78 bits per heavy atom. The second-order valence-electron chi connectivity index (χ2n) is 5.47. The lowest BCUT2D eigenvalue weighted by molar-refractivity contribution is 0.600. The van der Waals surface area contributed by atoms with Crippen LogP contribution in [-0.2, 0) is 24.1 Å². The number of imidazole rings is 1. The predicted octanol–water partition coefficient (Wildman–Crippen LogP) is 1.02. The second-order valence-corrected chi connectivity index (χ2v) is 7.09. The van der Waals surface area contributed by atoms with Gasteiger partial charge in [-0.2, -0.15) is 5.10 Å². The maximum atomic E-state index is 12.6. The molecule has 0 atom stereocenters. The standard InChI is InChI=1S/C14H17N5O3S/c1-8-13(9(2)16-15-8)23(21,22)17-10-5-6-11-12(7-10)19(4)14(20)18(11)3/h5-7,17H,1-4H3,(H,15,16). The number of fused-ring (bicyclic) bond motifs is 1. The van der Waals surface area contributed by atoms with Crippen molar-refractivity contribution in [2.24, 2.45) is 14.1 Å². The number of H-pyrrole nitrogens is 1. The smallest absolute Gasteiger partial charge is 0.295 e. The van der Waals surface area contributed by atoms with Crippen LogP contribution in [0.5, 0.6) is 0 Å². The number of aryl methyl sites for hydroxylation is 4. The fourth-order valence-corrected chi connectivity index (χ4v) is 4.14. The lowest BCUT2D eigenvalue weighted by Gasteiger charge is -2.08. The molecule has 8 nitrogen and oxygen atoms in total. The van der Waals surface area contributed by atoms with Crippen molar-refractivity contribution in [1.82, 2.24) is 19.3 Å². The van der Waals surface area contributed by atoms with E-state index in [4.69, 9.17) is 0 Å². The molecule has 0 amide bonds. The molecule has 0 aliphatic rings. The summed E-state index contributed by atoms with van der Waals surface area (Å²) in [5.41, 5.74) is 2.49. The summed E-state index contributed by atoms with van der Waals surface area (Å²) in [6.45, 7) is 3.28. The van der Waals surface area contributed by atoms with Crippen molar-refractivity contribution >= 4 is 26.7 Å². The zero-order valence-corrected chi connectivity index (χ0v) is 14.0. The molecule has 2 N–H and O–H groups in total. The summed E-state index contributed by atoms with van der Waals surface area (Å²) in [5.74, 6) is 0. The van der Waals surface area contributed by atoms with Crippen LogP contribution in [0.3, 0.4) is 0 Å². The highest BCUT2D eigenvalue weighted by Gasteiger charge is 2.22. The molecule has 3 rings (SSSR count). The summed E-state index contributed by atoms with van der Waals surface area (Å²) in [4.78, 5) is 12.1. The summed E-state index contributed by atoms with van der Waals surface area (Å²) in [6, 6.07) is 4.98. The van der Waals surface area contributed by atoms with Gasteiger partial charge in [-0.3, -0.25) is 19.0 Å². The largest absolute Gasteiger partial charge is 0.328 e. The number of aromatic amines is 1. The van der Waals surface area contributed by atoms with Crippen molar-refractivity contribution in [3.8, 4) is 0 Å². The van der Waals surface area contributed by atoms with E-state index in [1.54, 1.807) is 46.1 Å². The molecule has 9 heteroatoms. The monoisotopic (exact) mass is 335 g/mol. The highest BCUT2D eigenvalue weighted by Crippen LogP contribution is 2.23. The lowest BCUT2D eigenvalue weighted by Crippen LogP contribution is -2.19. The molecule has 0 bridgehead atoms. The third kappa shape index (κ3) is 2.33. The molecule has 122 valence electrons. The van der Waals surface area contributed by atoms with E-state index in [0.717, 1.165) is 5.52 Å². The summed E-state index contributed by atoms with van der Waals surface area (Å²) in [5, 5.41) is 6.57. The number of benzene rings is 1. The van der Waals surface area contributed by atoms with Gasteiger partial charge in [0.25, 0.3) is 10.0 Å². The third-order valence-electron chi connectivity index (χ3n) is 3.85. The molecular weight excluding hydrogens is 318 g/mol. The quantitative estimate of drug-likeness (QED) is 0.746. The topological polar surface area (TPSA) is 102 Å². The predicted molar refractivity (Wildman–Crippen MR) is 87.0 cm³/mol. The van der Waals surface area contributed by atoms with Crippen molar-refractivity contribution in [2.75, 3.05) is 4.72 Å². The fourth-order valence-electron chi connectivity index (χ4n) is 2.71. The highest BCUT2D eigenvalue weighted by atomic mass is 32.2. The molecule has 0 spiro atoms. The minimum atomic E-state index is -3.75. The van der Waals surface area contributed by atoms with Gasteiger partial charge in [0.05, 0.1) is 28.1 Å². The van der Waals surface area contributed by atoms with E-state index in [1.165, 1.54) is 9.13 Å². The van der Waals surface area contributed by atoms with Crippen LogP contribution in [0.25, 0.3) is 11.0 Å². The van der Waals surface area contributed by atoms with E-state index in [-0.39, 0.29) is 10.6 Å². The van der Waals surface area contributed by atoms with Crippen LogP contribution in [0.1, 0.15) is 11.4 Å². The lowest BCUT2D eigenvalue weighted by atomic mass is 10.3. The Labute approximate surface area is 132 Å². The van der Waals surface area contributed by atoms with Crippen molar-refractivity contribution < 1.29 is 8.42 Å². The summed E-state index contributed by atoms with van der Waals surface area (Å²) < 4.78 is 30.6. The van der Waals surface area contributed by atoms with Gasteiger partial charge in [-0.05, 0) is 32.0 Å². The maximum Gasteiger partial charge on any atom is 0.328 e. The Balaban J connectivity index is 2.09. The highest BCUT2D eigenvalue weighted by molar-refractivity contribution is 7.92. The van der Waals surface area contributed by atoms with E-state index >= 15 is 0 Å². The number of nitrogens with zero attached hydrogens (tertiary/aromatic N) is 3. The molecule has 2 aromatic heterocycles. The van der Waals surface area contributed by atoms with E-state index in [1.807, 2.05) is 0 Å². The Bertz CT molecular complexity index is 1050. The normalized spacial score (nSPS) is 12.0. The number of aromatic nitrogens is 4. The van der Waals surface area contributed by atoms with Gasteiger partial charge in [-0.15, -0.1) is 0 Å². The second kappa shape index (κ2) is 4.98. The molecule has 3 aromatic rings. The minimum Gasteiger partial charge on any atom is -0.295 e. The van der Waals surface area contributed by atoms with E-state index in [2.05, 4.69) is 14.9 Å². The van der Waals surface area contributed by atoms with Gasteiger partial charge >= 0.3 is 5.69 Å². The molecule has 23 heavy (non-hydrogen) atoms. The van der Waals surface area contributed by atoms with Crippen molar-refractivity contribution in [3.63, 3.8) is 0 Å². The van der Waals surface area contributed by atoms with Crippen LogP contribution in [0.2, 0.25) is 0 Å². The number of nitrogens with one attached hydrogen (secondary N) is 2. The van der Waals surface area contributed by atoms with Gasteiger partial charge in [0, 0.05) is 14.1 Å². The molecular formula is C14H17N5O3S. The number of sulfonamides is 1. The number of rotatable bonds is 3. The average molecular weight is 335 g/mol. The Hall–Kier alpha value is -2.55. The van der Waals surface area contributed by atoms with E-state index in [9.17, 15) is 13.2 Å². The first kappa shape index (κ1) is 15.3. The number of anilines is 1. The van der Waals surface area contributed by atoms with Gasteiger partial charge in [-0.1, -0.05) is 0 Å². The van der Waals surface area contributed by atoms with Crippen molar-refractivity contribution in [3.05, 3.63) is 40.1 Å². The Kier molecular flexibility index (Phi) is 3.33. The first-order valence-electron chi connectivity index (χ1n) is 6.92. The Morgan fingerprint density at radius 1 is 1.13 bits per heavy atom. The summed E-state index contributed by atoms with van der Waals surface area (Å²) in [7, 11) is -0.435.